The Morgan fingerprint density at radius 2 is 1.90 bits per heavy atom. The highest BCUT2D eigenvalue weighted by atomic mass is 32.2. The van der Waals surface area contributed by atoms with E-state index in [4.69, 9.17) is 4.74 Å². The van der Waals surface area contributed by atoms with E-state index in [1.165, 1.54) is 18.1 Å². The van der Waals surface area contributed by atoms with E-state index in [9.17, 15) is 0 Å². The Balaban J connectivity index is 2.30. The normalized spacial score (nSPS) is 10.5. The summed E-state index contributed by atoms with van der Waals surface area (Å²) in [5.41, 5.74) is 1.87. The van der Waals surface area contributed by atoms with Crippen LogP contribution in [0.25, 0.3) is 0 Å². The van der Waals surface area contributed by atoms with Crippen molar-refractivity contribution in [2.75, 3.05) is 19.0 Å². The minimum Gasteiger partial charge on any atom is -0.490 e. The van der Waals surface area contributed by atoms with E-state index in [-0.39, 0.29) is 0 Å². The van der Waals surface area contributed by atoms with Gasteiger partial charge >= 0.3 is 0 Å². The fourth-order valence-corrected chi connectivity index (χ4v) is 2.73. The molecule has 0 unspecified atom stereocenters. The van der Waals surface area contributed by atoms with Crippen molar-refractivity contribution in [3.8, 4) is 5.75 Å². The summed E-state index contributed by atoms with van der Waals surface area (Å²) in [6.07, 6.45) is 2.53. The third-order valence-electron chi connectivity index (χ3n) is 2.67. The molecular weight excluding hydrogens is 286 g/mol. The highest BCUT2D eigenvalue weighted by Crippen LogP contribution is 2.35. The Bertz CT molecular complexity index is 600. The molecule has 2 rings (SSSR count). The average Bonchev–Trinajstić information content (AvgIpc) is 2.44. The fraction of sp³-hybridized carbons (Fsp3) is 0.429. The van der Waals surface area contributed by atoms with E-state index in [1.54, 1.807) is 7.11 Å². The molecule has 0 aliphatic rings. The van der Waals surface area contributed by atoms with Gasteiger partial charge in [0.15, 0.2) is 21.7 Å². The molecule has 0 aliphatic heterocycles. The van der Waals surface area contributed by atoms with E-state index in [1.807, 2.05) is 19.9 Å². The number of nitrogens with one attached hydrogen (secondary N) is 1. The van der Waals surface area contributed by atoms with E-state index >= 15 is 0 Å². The summed E-state index contributed by atoms with van der Waals surface area (Å²) in [4.78, 5) is 17.3. The van der Waals surface area contributed by atoms with Crippen molar-refractivity contribution in [1.29, 1.82) is 0 Å². The number of anilines is 1. The molecule has 0 atom stereocenters. The van der Waals surface area contributed by atoms with Gasteiger partial charge in [0, 0.05) is 17.9 Å². The first-order valence-electron chi connectivity index (χ1n) is 6.77. The number of methoxy groups -OCH3 is 1. The van der Waals surface area contributed by atoms with Crippen molar-refractivity contribution in [2.24, 2.45) is 0 Å². The molecule has 2 heterocycles. The lowest BCUT2D eigenvalue weighted by molar-refractivity contribution is 0.400. The molecule has 0 radical (unpaired) electrons. The van der Waals surface area contributed by atoms with Crippen LogP contribution in [0.2, 0.25) is 0 Å². The first-order chi connectivity index (χ1) is 10.1. The Labute approximate surface area is 128 Å². The summed E-state index contributed by atoms with van der Waals surface area (Å²) >= 11 is 1.38. The second kappa shape index (κ2) is 7.21. The number of nitrogens with zero attached hydrogens (tertiary/aromatic N) is 4. The molecule has 6 nitrogen and oxygen atoms in total. The molecule has 0 spiro atoms. The molecule has 0 saturated heterocycles. The van der Waals surface area contributed by atoms with Crippen LogP contribution in [0.1, 0.15) is 24.7 Å². The first kappa shape index (κ1) is 15.5. The van der Waals surface area contributed by atoms with Gasteiger partial charge in [-0.2, -0.15) is 0 Å². The van der Waals surface area contributed by atoms with E-state index < -0.39 is 0 Å². The Hall–Kier alpha value is -1.89. The molecule has 1 N–H and O–H groups in total. The standard InChI is InChI=1S/C14H19N5OS/c1-5-6-15-12-11(20-4)13(17-8-16-12)21-14-18-9(2)7-10(3)19-14/h7-8H,5-6H2,1-4H3,(H,15,16,17). The van der Waals surface area contributed by atoms with Gasteiger partial charge in [0.2, 0.25) is 0 Å². The van der Waals surface area contributed by atoms with E-state index in [0.29, 0.717) is 21.7 Å². The van der Waals surface area contributed by atoms with Crippen LogP contribution in [-0.4, -0.2) is 33.6 Å². The van der Waals surface area contributed by atoms with Crippen LogP contribution in [0.4, 0.5) is 5.82 Å². The summed E-state index contributed by atoms with van der Waals surface area (Å²) in [5, 5.41) is 4.60. The molecule has 0 fully saturated rings. The molecule has 2 aromatic heterocycles. The Morgan fingerprint density at radius 1 is 1.19 bits per heavy atom. The SMILES string of the molecule is CCCNc1ncnc(Sc2nc(C)cc(C)n2)c1OC. The molecule has 0 saturated carbocycles. The summed E-state index contributed by atoms with van der Waals surface area (Å²) in [6.45, 7) is 6.82. The van der Waals surface area contributed by atoms with Gasteiger partial charge in [-0.1, -0.05) is 6.92 Å². The number of rotatable bonds is 6. The van der Waals surface area contributed by atoms with Gasteiger partial charge in [0.1, 0.15) is 6.33 Å². The van der Waals surface area contributed by atoms with Crippen LogP contribution >= 0.6 is 11.8 Å². The van der Waals surface area contributed by atoms with Crippen LogP contribution < -0.4 is 10.1 Å². The number of hydrogen-bond acceptors (Lipinski definition) is 7. The van der Waals surface area contributed by atoms with Crippen LogP contribution in [-0.2, 0) is 0 Å². The number of aromatic nitrogens is 4. The van der Waals surface area contributed by atoms with Crippen LogP contribution in [0.15, 0.2) is 22.6 Å². The lowest BCUT2D eigenvalue weighted by Crippen LogP contribution is -2.05. The summed E-state index contributed by atoms with van der Waals surface area (Å²) in [7, 11) is 1.61. The molecule has 0 aliphatic carbocycles. The first-order valence-corrected chi connectivity index (χ1v) is 7.58. The Morgan fingerprint density at radius 3 is 2.52 bits per heavy atom. The molecule has 2 aromatic rings. The average molecular weight is 305 g/mol. The highest BCUT2D eigenvalue weighted by molar-refractivity contribution is 7.99. The van der Waals surface area contributed by atoms with Crippen molar-refractivity contribution >= 4 is 17.6 Å². The third kappa shape index (κ3) is 4.04. The monoisotopic (exact) mass is 305 g/mol. The lowest BCUT2D eigenvalue weighted by Gasteiger charge is -2.12. The van der Waals surface area contributed by atoms with Gasteiger partial charge in [0.05, 0.1) is 7.11 Å². The second-order valence-corrected chi connectivity index (χ2v) is 5.48. The zero-order chi connectivity index (χ0) is 15.2. The van der Waals surface area contributed by atoms with Crippen LogP contribution in [0, 0.1) is 13.8 Å². The van der Waals surface area contributed by atoms with Gasteiger partial charge in [-0.15, -0.1) is 0 Å². The maximum Gasteiger partial charge on any atom is 0.194 e. The summed E-state index contributed by atoms with van der Waals surface area (Å²) in [6, 6.07) is 1.94. The zero-order valence-corrected chi connectivity index (χ0v) is 13.5. The molecule has 0 bridgehead atoms. The van der Waals surface area contributed by atoms with Gasteiger partial charge < -0.3 is 10.1 Å². The highest BCUT2D eigenvalue weighted by Gasteiger charge is 2.14. The largest absolute Gasteiger partial charge is 0.490 e. The van der Waals surface area contributed by atoms with Crippen molar-refractivity contribution in [3.63, 3.8) is 0 Å². The van der Waals surface area contributed by atoms with Crippen molar-refractivity contribution < 1.29 is 4.74 Å². The van der Waals surface area contributed by atoms with Gasteiger partial charge in [-0.3, -0.25) is 0 Å². The predicted molar refractivity (Wildman–Crippen MR) is 83.0 cm³/mol. The molecule has 21 heavy (non-hydrogen) atoms. The van der Waals surface area contributed by atoms with Crippen LogP contribution in [0.3, 0.4) is 0 Å². The van der Waals surface area contributed by atoms with Gasteiger partial charge in [-0.05, 0) is 38.1 Å². The minimum atomic E-state index is 0.624. The third-order valence-corrected chi connectivity index (χ3v) is 3.52. The maximum absolute atomic E-state index is 5.44. The van der Waals surface area contributed by atoms with Gasteiger partial charge in [-0.25, -0.2) is 19.9 Å². The molecule has 0 aromatic carbocycles. The van der Waals surface area contributed by atoms with E-state index in [2.05, 4.69) is 32.2 Å². The molecule has 7 heteroatoms. The smallest absolute Gasteiger partial charge is 0.194 e. The van der Waals surface area contributed by atoms with Crippen LogP contribution in [0.5, 0.6) is 5.75 Å². The fourth-order valence-electron chi connectivity index (χ4n) is 1.81. The number of aryl methyl sites for hydroxylation is 2. The number of hydrogen-bond donors (Lipinski definition) is 1. The van der Waals surface area contributed by atoms with Crippen molar-refractivity contribution in [2.45, 2.75) is 37.4 Å². The molecule has 112 valence electrons. The summed E-state index contributed by atoms with van der Waals surface area (Å²) < 4.78 is 5.44. The maximum atomic E-state index is 5.44. The zero-order valence-electron chi connectivity index (χ0n) is 12.7. The topological polar surface area (TPSA) is 72.8 Å². The molecule has 0 amide bonds. The molecular formula is C14H19N5OS. The quantitative estimate of drug-likeness (QED) is 0.649. The van der Waals surface area contributed by atoms with Crippen molar-refractivity contribution in [1.82, 2.24) is 19.9 Å². The lowest BCUT2D eigenvalue weighted by atomic mass is 10.4. The van der Waals surface area contributed by atoms with Gasteiger partial charge in [0.25, 0.3) is 0 Å². The van der Waals surface area contributed by atoms with E-state index in [0.717, 1.165) is 24.4 Å². The predicted octanol–water partition coefficient (Wildman–Crippen LogP) is 2.87. The van der Waals surface area contributed by atoms with Crippen molar-refractivity contribution in [3.05, 3.63) is 23.8 Å². The number of ether oxygens (including phenoxy) is 1. The second-order valence-electron chi connectivity index (χ2n) is 4.52. The Kier molecular flexibility index (Phi) is 5.32. The minimum absolute atomic E-state index is 0.624. The summed E-state index contributed by atoms with van der Waals surface area (Å²) in [5.74, 6) is 1.32.